The van der Waals surface area contributed by atoms with Gasteiger partial charge in [0, 0.05) is 50.0 Å². The van der Waals surface area contributed by atoms with Crippen LogP contribution in [-0.2, 0) is 16.6 Å². The standard InChI is InChI=1S/C24H27ClN4O3S/c1-3-12-32-24-20(16-26)14-21(15-22(24)25)29-7-6-19-13-18(4-5-23(19)29)17-27-8-10-28(11-9-27)33(2,30)31/h4-7,13-15H,3,8-12,17H2,1-2H3. The Labute approximate surface area is 199 Å². The number of nitriles is 1. The Morgan fingerprint density at radius 1 is 1.12 bits per heavy atom. The first kappa shape index (κ1) is 23.6. The molecule has 0 bridgehead atoms. The molecule has 1 aliphatic heterocycles. The summed E-state index contributed by atoms with van der Waals surface area (Å²) in [5, 5.41) is 11.1. The van der Waals surface area contributed by atoms with E-state index in [0.29, 0.717) is 49.1 Å². The van der Waals surface area contributed by atoms with Crippen LogP contribution in [0.1, 0.15) is 24.5 Å². The number of fused-ring (bicyclic) bond motifs is 1. The first-order valence-corrected chi connectivity index (χ1v) is 13.2. The van der Waals surface area contributed by atoms with Gasteiger partial charge in [-0.05, 0) is 42.3 Å². The van der Waals surface area contributed by atoms with E-state index < -0.39 is 10.0 Å². The summed E-state index contributed by atoms with van der Waals surface area (Å²) >= 11 is 6.45. The van der Waals surface area contributed by atoms with Gasteiger partial charge in [0.1, 0.15) is 6.07 Å². The van der Waals surface area contributed by atoms with E-state index in [4.69, 9.17) is 16.3 Å². The molecule has 0 unspecified atom stereocenters. The smallest absolute Gasteiger partial charge is 0.211 e. The van der Waals surface area contributed by atoms with Crippen LogP contribution in [0, 0.1) is 11.3 Å². The number of aromatic nitrogens is 1. The Morgan fingerprint density at radius 3 is 2.55 bits per heavy atom. The van der Waals surface area contributed by atoms with Crippen molar-refractivity contribution in [3.63, 3.8) is 0 Å². The number of hydrogen-bond donors (Lipinski definition) is 0. The van der Waals surface area contributed by atoms with Crippen LogP contribution in [0.2, 0.25) is 5.02 Å². The summed E-state index contributed by atoms with van der Waals surface area (Å²) in [5.41, 5.74) is 3.41. The fourth-order valence-electron chi connectivity index (χ4n) is 4.15. The summed E-state index contributed by atoms with van der Waals surface area (Å²) in [4.78, 5) is 2.27. The number of halogens is 1. The van der Waals surface area contributed by atoms with Crippen molar-refractivity contribution in [3.05, 3.63) is 58.7 Å². The lowest BCUT2D eigenvalue weighted by Crippen LogP contribution is -2.47. The highest BCUT2D eigenvalue weighted by Crippen LogP contribution is 2.33. The number of rotatable bonds is 7. The second kappa shape index (κ2) is 9.74. The molecule has 0 amide bonds. The van der Waals surface area contributed by atoms with E-state index >= 15 is 0 Å². The summed E-state index contributed by atoms with van der Waals surface area (Å²) in [7, 11) is -3.12. The van der Waals surface area contributed by atoms with E-state index in [1.165, 1.54) is 16.1 Å². The van der Waals surface area contributed by atoms with Gasteiger partial charge >= 0.3 is 0 Å². The average molecular weight is 487 g/mol. The van der Waals surface area contributed by atoms with Gasteiger partial charge in [-0.25, -0.2) is 8.42 Å². The minimum Gasteiger partial charge on any atom is -0.491 e. The number of nitrogens with zero attached hydrogens (tertiary/aromatic N) is 4. The molecule has 9 heteroatoms. The van der Waals surface area contributed by atoms with E-state index in [0.717, 1.165) is 29.6 Å². The maximum atomic E-state index is 11.7. The highest BCUT2D eigenvalue weighted by atomic mass is 35.5. The lowest BCUT2D eigenvalue weighted by Gasteiger charge is -2.33. The zero-order valence-corrected chi connectivity index (χ0v) is 20.4. The first-order chi connectivity index (χ1) is 15.8. The van der Waals surface area contributed by atoms with Gasteiger partial charge in [0.05, 0.1) is 29.0 Å². The molecule has 0 saturated carbocycles. The third-order valence-electron chi connectivity index (χ3n) is 5.84. The molecule has 4 rings (SSSR count). The number of hydrogen-bond acceptors (Lipinski definition) is 5. The predicted molar refractivity (Wildman–Crippen MR) is 130 cm³/mol. The number of benzene rings is 2. The molecular formula is C24H27ClN4O3S. The molecule has 0 radical (unpaired) electrons. The van der Waals surface area contributed by atoms with Crippen molar-refractivity contribution >= 4 is 32.5 Å². The number of piperazine rings is 1. The third-order valence-corrected chi connectivity index (χ3v) is 7.42. The Morgan fingerprint density at radius 2 is 1.88 bits per heavy atom. The molecule has 0 atom stereocenters. The molecular weight excluding hydrogens is 460 g/mol. The molecule has 7 nitrogen and oxygen atoms in total. The average Bonchev–Trinajstić information content (AvgIpc) is 3.21. The Balaban J connectivity index is 1.54. The van der Waals surface area contributed by atoms with E-state index in [2.05, 4.69) is 29.2 Å². The second-order valence-corrected chi connectivity index (χ2v) is 10.7. The van der Waals surface area contributed by atoms with Gasteiger partial charge in [0.25, 0.3) is 0 Å². The molecule has 33 heavy (non-hydrogen) atoms. The van der Waals surface area contributed by atoms with Gasteiger partial charge in [-0.3, -0.25) is 4.90 Å². The van der Waals surface area contributed by atoms with E-state index in [-0.39, 0.29) is 0 Å². The third kappa shape index (κ3) is 5.17. The monoisotopic (exact) mass is 486 g/mol. The van der Waals surface area contributed by atoms with Gasteiger partial charge in [-0.2, -0.15) is 9.57 Å². The minimum atomic E-state index is -3.12. The van der Waals surface area contributed by atoms with Gasteiger partial charge in [0.2, 0.25) is 10.0 Å². The second-order valence-electron chi connectivity index (χ2n) is 8.28. The normalized spacial score (nSPS) is 15.6. The van der Waals surface area contributed by atoms with Crippen molar-refractivity contribution in [2.75, 3.05) is 39.0 Å². The van der Waals surface area contributed by atoms with E-state index in [9.17, 15) is 13.7 Å². The Bertz CT molecular complexity index is 1310. The van der Waals surface area contributed by atoms with Crippen LogP contribution in [0.25, 0.3) is 16.6 Å². The molecule has 1 aromatic heterocycles. The van der Waals surface area contributed by atoms with Crippen LogP contribution in [0.3, 0.4) is 0 Å². The molecule has 3 aromatic rings. The van der Waals surface area contributed by atoms with Gasteiger partial charge < -0.3 is 9.30 Å². The van der Waals surface area contributed by atoms with Crippen molar-refractivity contribution < 1.29 is 13.2 Å². The van der Waals surface area contributed by atoms with Crippen molar-refractivity contribution in [1.82, 2.24) is 13.8 Å². The summed E-state index contributed by atoms with van der Waals surface area (Å²) in [6, 6.07) is 14.2. The van der Waals surface area contributed by atoms with E-state index in [1.807, 2.05) is 29.8 Å². The molecule has 1 aliphatic rings. The SMILES string of the molecule is CCCOc1c(Cl)cc(-n2ccc3cc(CN4CCN(S(C)(=O)=O)CC4)ccc32)cc1C#N. The van der Waals surface area contributed by atoms with E-state index in [1.54, 1.807) is 6.07 Å². The topological polar surface area (TPSA) is 78.6 Å². The fourth-order valence-corrected chi connectivity index (χ4v) is 5.24. The zero-order chi connectivity index (χ0) is 23.6. The largest absolute Gasteiger partial charge is 0.491 e. The summed E-state index contributed by atoms with van der Waals surface area (Å²) in [6.45, 7) is 5.76. The van der Waals surface area contributed by atoms with Crippen molar-refractivity contribution in [1.29, 1.82) is 5.26 Å². The van der Waals surface area contributed by atoms with Crippen LogP contribution < -0.4 is 4.74 Å². The molecule has 0 aliphatic carbocycles. The highest BCUT2D eigenvalue weighted by molar-refractivity contribution is 7.88. The Hall–Kier alpha value is -2.57. The molecule has 0 spiro atoms. The van der Waals surface area contributed by atoms with Gasteiger partial charge in [-0.1, -0.05) is 24.6 Å². The molecule has 1 fully saturated rings. The quantitative estimate of drug-likeness (QED) is 0.504. The van der Waals surface area contributed by atoms with Crippen LogP contribution in [0.4, 0.5) is 0 Å². The maximum Gasteiger partial charge on any atom is 0.211 e. The zero-order valence-electron chi connectivity index (χ0n) is 18.8. The van der Waals surface area contributed by atoms with Crippen LogP contribution >= 0.6 is 11.6 Å². The molecule has 0 N–H and O–H groups in total. The first-order valence-electron chi connectivity index (χ1n) is 10.9. The van der Waals surface area contributed by atoms with Crippen molar-refractivity contribution in [2.45, 2.75) is 19.9 Å². The lowest BCUT2D eigenvalue weighted by atomic mass is 10.1. The highest BCUT2D eigenvalue weighted by Gasteiger charge is 2.23. The summed E-state index contributed by atoms with van der Waals surface area (Å²) in [5.74, 6) is 0.430. The predicted octanol–water partition coefficient (Wildman–Crippen LogP) is 4.02. The maximum absolute atomic E-state index is 11.7. The van der Waals surface area contributed by atoms with Gasteiger partial charge in [-0.15, -0.1) is 0 Å². The van der Waals surface area contributed by atoms with Gasteiger partial charge in [0.15, 0.2) is 5.75 Å². The molecule has 2 aromatic carbocycles. The van der Waals surface area contributed by atoms with Crippen LogP contribution in [0.15, 0.2) is 42.6 Å². The molecule has 174 valence electrons. The fraction of sp³-hybridized carbons (Fsp3) is 0.375. The lowest BCUT2D eigenvalue weighted by molar-refractivity contribution is 0.182. The summed E-state index contributed by atoms with van der Waals surface area (Å²) < 4.78 is 32.7. The van der Waals surface area contributed by atoms with Crippen molar-refractivity contribution in [3.8, 4) is 17.5 Å². The number of sulfonamides is 1. The molecule has 1 saturated heterocycles. The van der Waals surface area contributed by atoms with Crippen LogP contribution in [-0.4, -0.2) is 61.2 Å². The summed E-state index contributed by atoms with van der Waals surface area (Å²) in [6.07, 6.45) is 4.07. The molecule has 2 heterocycles. The minimum absolute atomic E-state index is 0.414. The van der Waals surface area contributed by atoms with Crippen LogP contribution in [0.5, 0.6) is 5.75 Å². The number of ether oxygens (including phenoxy) is 1. The Kier molecular flexibility index (Phi) is 6.96. The van der Waals surface area contributed by atoms with Crippen molar-refractivity contribution in [2.24, 2.45) is 0 Å².